The van der Waals surface area contributed by atoms with Gasteiger partial charge in [-0.1, -0.05) is 47.0 Å². The zero-order valence-corrected chi connectivity index (χ0v) is 12.3. The van der Waals surface area contributed by atoms with E-state index in [1.807, 2.05) is 66.5 Å². The molecule has 1 heterocycles. The summed E-state index contributed by atoms with van der Waals surface area (Å²) in [6.07, 6.45) is 0. The van der Waals surface area contributed by atoms with Gasteiger partial charge in [0.1, 0.15) is 0 Å². The highest BCUT2D eigenvalue weighted by Crippen LogP contribution is 2.17. The average molecular weight is 300 g/mol. The molecule has 0 N–H and O–H groups in total. The molecule has 0 atom stereocenters. The third-order valence-electron chi connectivity index (χ3n) is 3.13. The number of aromatic nitrogens is 4. The van der Waals surface area contributed by atoms with Crippen LogP contribution in [0.1, 0.15) is 5.56 Å². The lowest BCUT2D eigenvalue weighted by atomic mass is 10.2. The van der Waals surface area contributed by atoms with Crippen LogP contribution >= 0.6 is 11.6 Å². The van der Waals surface area contributed by atoms with E-state index in [1.54, 1.807) is 4.68 Å². The summed E-state index contributed by atoms with van der Waals surface area (Å²) < 4.78 is 1.72. The van der Waals surface area contributed by atoms with Crippen molar-refractivity contribution in [2.75, 3.05) is 11.9 Å². The maximum atomic E-state index is 5.90. The van der Waals surface area contributed by atoms with Crippen molar-refractivity contribution in [1.82, 2.24) is 20.2 Å². The number of benzene rings is 2. The van der Waals surface area contributed by atoms with E-state index in [1.165, 1.54) is 0 Å². The Kier molecular flexibility index (Phi) is 3.83. The molecule has 0 fully saturated rings. The maximum Gasteiger partial charge on any atom is 0.250 e. The first-order valence-electron chi connectivity index (χ1n) is 6.53. The van der Waals surface area contributed by atoms with E-state index in [2.05, 4.69) is 15.5 Å². The Hall–Kier alpha value is -2.40. The largest absolute Gasteiger partial charge is 0.338 e. The van der Waals surface area contributed by atoms with Crippen LogP contribution in [0.3, 0.4) is 0 Å². The summed E-state index contributed by atoms with van der Waals surface area (Å²) in [7, 11) is 1.96. The lowest BCUT2D eigenvalue weighted by Crippen LogP contribution is -2.20. The Labute approximate surface area is 127 Å². The van der Waals surface area contributed by atoms with E-state index in [-0.39, 0.29) is 0 Å². The molecule has 106 valence electrons. The van der Waals surface area contributed by atoms with Crippen LogP contribution in [0.15, 0.2) is 54.6 Å². The van der Waals surface area contributed by atoms with E-state index in [0.717, 1.165) is 16.3 Å². The van der Waals surface area contributed by atoms with Gasteiger partial charge < -0.3 is 4.90 Å². The van der Waals surface area contributed by atoms with E-state index in [9.17, 15) is 0 Å². The minimum atomic E-state index is 0.691. The molecule has 0 saturated heterocycles. The van der Waals surface area contributed by atoms with Crippen LogP contribution in [-0.4, -0.2) is 27.3 Å². The lowest BCUT2D eigenvalue weighted by molar-refractivity contribution is 0.771. The Balaban J connectivity index is 1.84. The van der Waals surface area contributed by atoms with Crippen molar-refractivity contribution in [3.63, 3.8) is 0 Å². The fourth-order valence-corrected chi connectivity index (χ4v) is 2.22. The molecule has 21 heavy (non-hydrogen) atoms. The molecule has 1 aromatic heterocycles. The van der Waals surface area contributed by atoms with Crippen molar-refractivity contribution >= 4 is 17.5 Å². The number of hydrogen-bond acceptors (Lipinski definition) is 4. The highest BCUT2D eigenvalue weighted by Gasteiger charge is 2.12. The van der Waals surface area contributed by atoms with Crippen LogP contribution in [0.4, 0.5) is 5.95 Å². The second-order valence-electron chi connectivity index (χ2n) is 4.71. The van der Waals surface area contributed by atoms with Gasteiger partial charge in [-0.15, -0.1) is 0 Å². The van der Waals surface area contributed by atoms with E-state index < -0.39 is 0 Å². The predicted molar refractivity (Wildman–Crippen MR) is 82.7 cm³/mol. The molecular formula is C15H14ClN5. The van der Waals surface area contributed by atoms with Gasteiger partial charge in [0.05, 0.1) is 5.69 Å². The molecule has 5 nitrogen and oxygen atoms in total. The quantitative estimate of drug-likeness (QED) is 0.743. The van der Waals surface area contributed by atoms with Gasteiger partial charge in [0, 0.05) is 18.6 Å². The molecule has 0 aliphatic carbocycles. The summed E-state index contributed by atoms with van der Waals surface area (Å²) in [6, 6.07) is 17.6. The van der Waals surface area contributed by atoms with E-state index in [0.29, 0.717) is 12.5 Å². The number of halogens is 1. The van der Waals surface area contributed by atoms with Crippen molar-refractivity contribution in [1.29, 1.82) is 0 Å². The molecule has 0 unspecified atom stereocenters. The highest BCUT2D eigenvalue weighted by atomic mass is 35.5. The Morgan fingerprint density at radius 2 is 1.76 bits per heavy atom. The van der Waals surface area contributed by atoms with Crippen molar-refractivity contribution in [3.05, 3.63) is 65.2 Å². The standard InChI is InChI=1S/C15H14ClN5/c1-20(11-12-7-9-13(16)10-8-12)15-17-18-19-21(15)14-5-3-2-4-6-14/h2-10H,11H2,1H3. The van der Waals surface area contributed by atoms with Gasteiger partial charge in [-0.2, -0.15) is 4.68 Å². The zero-order valence-electron chi connectivity index (χ0n) is 11.5. The minimum Gasteiger partial charge on any atom is -0.338 e. The number of hydrogen-bond donors (Lipinski definition) is 0. The zero-order chi connectivity index (χ0) is 14.7. The first-order chi connectivity index (χ1) is 10.2. The number of nitrogens with zero attached hydrogens (tertiary/aromatic N) is 5. The van der Waals surface area contributed by atoms with Crippen LogP contribution in [-0.2, 0) is 6.54 Å². The molecule has 2 aromatic carbocycles. The van der Waals surface area contributed by atoms with Gasteiger partial charge in [-0.25, -0.2) is 0 Å². The van der Waals surface area contributed by atoms with Crippen LogP contribution < -0.4 is 4.90 Å². The normalized spacial score (nSPS) is 10.6. The van der Waals surface area contributed by atoms with Gasteiger partial charge >= 0.3 is 0 Å². The van der Waals surface area contributed by atoms with Crippen molar-refractivity contribution < 1.29 is 0 Å². The lowest BCUT2D eigenvalue weighted by Gasteiger charge is -2.17. The second kappa shape index (κ2) is 5.93. The third-order valence-corrected chi connectivity index (χ3v) is 3.38. The van der Waals surface area contributed by atoms with Gasteiger partial charge in [0.15, 0.2) is 0 Å². The topological polar surface area (TPSA) is 46.8 Å². The first kappa shape index (κ1) is 13.6. The Bertz CT molecular complexity index is 708. The molecule has 0 aliphatic heterocycles. The van der Waals surface area contributed by atoms with Crippen LogP contribution in [0.5, 0.6) is 0 Å². The molecule has 3 aromatic rings. The molecule has 0 radical (unpaired) electrons. The summed E-state index contributed by atoms with van der Waals surface area (Å²) in [5.74, 6) is 0.691. The van der Waals surface area contributed by atoms with Gasteiger partial charge in [-0.05, 0) is 40.3 Å². The molecular weight excluding hydrogens is 286 g/mol. The smallest absolute Gasteiger partial charge is 0.250 e. The molecule has 0 saturated carbocycles. The Morgan fingerprint density at radius 1 is 1.05 bits per heavy atom. The average Bonchev–Trinajstić information content (AvgIpc) is 3.00. The molecule has 6 heteroatoms. The number of para-hydroxylation sites is 1. The Morgan fingerprint density at radius 3 is 2.48 bits per heavy atom. The highest BCUT2D eigenvalue weighted by molar-refractivity contribution is 6.30. The van der Waals surface area contributed by atoms with E-state index in [4.69, 9.17) is 11.6 Å². The van der Waals surface area contributed by atoms with Crippen LogP contribution in [0.25, 0.3) is 5.69 Å². The third kappa shape index (κ3) is 3.03. The summed E-state index contributed by atoms with van der Waals surface area (Å²) in [5, 5.41) is 12.7. The fraction of sp³-hybridized carbons (Fsp3) is 0.133. The number of tetrazole rings is 1. The van der Waals surface area contributed by atoms with Gasteiger partial charge in [0.25, 0.3) is 0 Å². The van der Waals surface area contributed by atoms with Crippen molar-refractivity contribution in [2.45, 2.75) is 6.54 Å². The molecule has 0 aliphatic rings. The summed E-state index contributed by atoms with van der Waals surface area (Å²) in [5.41, 5.74) is 2.07. The molecule has 0 spiro atoms. The van der Waals surface area contributed by atoms with E-state index >= 15 is 0 Å². The van der Waals surface area contributed by atoms with Gasteiger partial charge in [-0.3, -0.25) is 0 Å². The summed E-state index contributed by atoms with van der Waals surface area (Å²) >= 11 is 5.90. The maximum absolute atomic E-state index is 5.90. The van der Waals surface area contributed by atoms with Crippen LogP contribution in [0.2, 0.25) is 5.02 Å². The summed E-state index contributed by atoms with van der Waals surface area (Å²) in [4.78, 5) is 2.00. The van der Waals surface area contributed by atoms with Gasteiger partial charge in [0.2, 0.25) is 5.95 Å². The second-order valence-corrected chi connectivity index (χ2v) is 5.15. The SMILES string of the molecule is CN(Cc1ccc(Cl)cc1)c1nnnn1-c1ccccc1. The monoisotopic (exact) mass is 299 g/mol. The molecule has 3 rings (SSSR count). The first-order valence-corrected chi connectivity index (χ1v) is 6.91. The number of rotatable bonds is 4. The summed E-state index contributed by atoms with van der Waals surface area (Å²) in [6.45, 7) is 0.699. The molecule has 0 amide bonds. The predicted octanol–water partition coefficient (Wildman–Crippen LogP) is 2.95. The van der Waals surface area contributed by atoms with Crippen molar-refractivity contribution in [3.8, 4) is 5.69 Å². The minimum absolute atomic E-state index is 0.691. The number of anilines is 1. The fourth-order valence-electron chi connectivity index (χ4n) is 2.09. The van der Waals surface area contributed by atoms with Crippen molar-refractivity contribution in [2.24, 2.45) is 0 Å². The van der Waals surface area contributed by atoms with Crippen LogP contribution in [0, 0.1) is 0 Å². The molecule has 0 bridgehead atoms.